The maximum absolute atomic E-state index is 15.3. The first kappa shape index (κ1) is 27.7. The Bertz CT molecular complexity index is 1610. The number of hydrogen-bond acceptors (Lipinski definition) is 6. The number of thioether (sulfide) groups is 1. The first-order valence-corrected chi connectivity index (χ1v) is 14.8. The molecule has 2 aromatic carbocycles. The lowest BCUT2D eigenvalue weighted by atomic mass is 9.95. The Hall–Kier alpha value is -3.44. The summed E-state index contributed by atoms with van der Waals surface area (Å²) in [5, 5.41) is 6.95. The van der Waals surface area contributed by atoms with Crippen molar-refractivity contribution in [3.05, 3.63) is 82.0 Å². The molecule has 0 radical (unpaired) electrons. The second kappa shape index (κ2) is 11.4. The van der Waals surface area contributed by atoms with Gasteiger partial charge in [-0.25, -0.2) is 9.37 Å². The zero-order valence-corrected chi connectivity index (χ0v) is 23.0. The molecule has 41 heavy (non-hydrogen) atoms. The molecule has 4 aromatic rings. The summed E-state index contributed by atoms with van der Waals surface area (Å²) in [6, 6.07) is 13.7. The number of halogens is 4. The number of nitrogens with one attached hydrogen (secondary N) is 2. The zero-order valence-electron chi connectivity index (χ0n) is 22.2. The van der Waals surface area contributed by atoms with Crippen molar-refractivity contribution in [2.24, 2.45) is 0 Å². The van der Waals surface area contributed by atoms with Gasteiger partial charge >= 0.3 is 6.18 Å². The standard InChI is InChI=1S/C30H29F4N5OS/c31-25-14-20(18-3-1-2-4-18)7-10-23(25)24-13-21-15-36-29(38-27(21)39(28(24)40)17-30(32,33)34)37-22-8-5-19(6-9-22)26-16-35-11-12-41-26/h5-10,13-15,18,26,35H,1-4,11-12,16-17H2,(H,36,37,38). The van der Waals surface area contributed by atoms with Gasteiger partial charge in [-0.15, -0.1) is 0 Å². The highest BCUT2D eigenvalue weighted by molar-refractivity contribution is 7.99. The van der Waals surface area contributed by atoms with E-state index in [1.165, 1.54) is 30.0 Å². The van der Waals surface area contributed by atoms with Gasteiger partial charge in [-0.3, -0.25) is 9.36 Å². The molecule has 2 aliphatic rings. The van der Waals surface area contributed by atoms with Gasteiger partial charge in [-0.2, -0.15) is 29.9 Å². The van der Waals surface area contributed by atoms with Gasteiger partial charge in [0.2, 0.25) is 5.95 Å². The molecule has 6 nitrogen and oxygen atoms in total. The van der Waals surface area contributed by atoms with Gasteiger partial charge in [0.15, 0.2) is 0 Å². The molecule has 2 aromatic heterocycles. The first-order valence-electron chi connectivity index (χ1n) is 13.7. The average molecular weight is 584 g/mol. The number of pyridine rings is 1. The third-order valence-electron chi connectivity index (χ3n) is 7.74. The van der Waals surface area contributed by atoms with Crippen LogP contribution in [0.1, 0.15) is 48.0 Å². The minimum Gasteiger partial charge on any atom is -0.324 e. The van der Waals surface area contributed by atoms with Crippen LogP contribution in [0.2, 0.25) is 0 Å². The quantitative estimate of drug-likeness (QED) is 0.240. The van der Waals surface area contributed by atoms with Crippen LogP contribution in [0.15, 0.2) is 59.5 Å². The number of rotatable bonds is 6. The number of alkyl halides is 3. The Balaban J connectivity index is 1.34. The second-order valence-electron chi connectivity index (χ2n) is 10.6. The van der Waals surface area contributed by atoms with Crippen molar-refractivity contribution in [2.75, 3.05) is 24.2 Å². The van der Waals surface area contributed by atoms with E-state index in [0.29, 0.717) is 15.5 Å². The lowest BCUT2D eigenvalue weighted by molar-refractivity contribution is -0.140. The number of fused-ring (bicyclic) bond motifs is 1. The maximum Gasteiger partial charge on any atom is 0.406 e. The molecule has 0 bridgehead atoms. The van der Waals surface area contributed by atoms with Crippen LogP contribution in [0.4, 0.5) is 29.2 Å². The third-order valence-corrected chi connectivity index (χ3v) is 9.02. The van der Waals surface area contributed by atoms with E-state index in [9.17, 15) is 18.0 Å². The molecule has 1 saturated carbocycles. The first-order chi connectivity index (χ1) is 19.7. The molecule has 1 aliphatic carbocycles. The van der Waals surface area contributed by atoms with Gasteiger partial charge in [0.05, 0.1) is 5.56 Å². The predicted molar refractivity (Wildman–Crippen MR) is 154 cm³/mol. The van der Waals surface area contributed by atoms with E-state index in [2.05, 4.69) is 20.6 Å². The molecule has 1 aliphatic heterocycles. The smallest absolute Gasteiger partial charge is 0.324 e. The van der Waals surface area contributed by atoms with Crippen LogP contribution in [0.5, 0.6) is 0 Å². The van der Waals surface area contributed by atoms with E-state index in [-0.39, 0.29) is 34.0 Å². The molecule has 3 heterocycles. The number of benzene rings is 2. The highest BCUT2D eigenvalue weighted by Gasteiger charge is 2.31. The second-order valence-corrected chi connectivity index (χ2v) is 11.9. The maximum atomic E-state index is 15.3. The van der Waals surface area contributed by atoms with Gasteiger partial charge in [-0.1, -0.05) is 37.1 Å². The van der Waals surface area contributed by atoms with Crippen molar-refractivity contribution < 1.29 is 17.6 Å². The van der Waals surface area contributed by atoms with Crippen LogP contribution >= 0.6 is 11.8 Å². The molecule has 0 amide bonds. The van der Waals surface area contributed by atoms with E-state index < -0.39 is 24.1 Å². The van der Waals surface area contributed by atoms with Crippen molar-refractivity contribution in [3.8, 4) is 11.1 Å². The lowest BCUT2D eigenvalue weighted by Crippen LogP contribution is -2.30. The largest absolute Gasteiger partial charge is 0.406 e. The van der Waals surface area contributed by atoms with E-state index >= 15 is 4.39 Å². The highest BCUT2D eigenvalue weighted by atomic mass is 32.2. The van der Waals surface area contributed by atoms with E-state index in [1.807, 2.05) is 36.0 Å². The predicted octanol–water partition coefficient (Wildman–Crippen LogP) is 6.94. The minimum atomic E-state index is -4.69. The van der Waals surface area contributed by atoms with Crippen LogP contribution in [0.3, 0.4) is 0 Å². The minimum absolute atomic E-state index is 0.0387. The molecule has 214 valence electrons. The van der Waals surface area contributed by atoms with E-state index in [1.54, 1.807) is 6.07 Å². The zero-order chi connectivity index (χ0) is 28.6. The Morgan fingerprint density at radius 2 is 1.78 bits per heavy atom. The van der Waals surface area contributed by atoms with Crippen LogP contribution in [0, 0.1) is 5.82 Å². The van der Waals surface area contributed by atoms with Gasteiger partial charge in [0.1, 0.15) is 18.0 Å². The van der Waals surface area contributed by atoms with Gasteiger partial charge < -0.3 is 10.6 Å². The fourth-order valence-corrected chi connectivity index (χ4v) is 6.82. The molecular weight excluding hydrogens is 554 g/mol. The van der Waals surface area contributed by atoms with Crippen molar-refractivity contribution >= 4 is 34.4 Å². The topological polar surface area (TPSA) is 71.8 Å². The Kier molecular flexibility index (Phi) is 7.74. The van der Waals surface area contributed by atoms with Crippen molar-refractivity contribution in [3.63, 3.8) is 0 Å². The molecule has 2 fully saturated rings. The van der Waals surface area contributed by atoms with Crippen LogP contribution in [-0.4, -0.2) is 39.6 Å². The van der Waals surface area contributed by atoms with Crippen LogP contribution < -0.4 is 16.2 Å². The van der Waals surface area contributed by atoms with Crippen LogP contribution in [0.25, 0.3) is 22.2 Å². The lowest BCUT2D eigenvalue weighted by Gasteiger charge is -2.22. The Morgan fingerprint density at radius 3 is 2.46 bits per heavy atom. The third kappa shape index (κ3) is 6.11. The summed E-state index contributed by atoms with van der Waals surface area (Å²) >= 11 is 1.89. The summed E-state index contributed by atoms with van der Waals surface area (Å²) < 4.78 is 56.7. The van der Waals surface area contributed by atoms with Gasteiger partial charge in [-0.05, 0) is 54.2 Å². The summed E-state index contributed by atoms with van der Waals surface area (Å²) in [7, 11) is 0. The molecule has 11 heteroatoms. The molecule has 6 rings (SSSR count). The normalized spacial score (nSPS) is 18.2. The summed E-state index contributed by atoms with van der Waals surface area (Å²) in [4.78, 5) is 22.0. The number of hydrogen-bond donors (Lipinski definition) is 2. The SMILES string of the molecule is O=c1c(-c2ccc(C3CCCC3)cc2F)cc2cnc(Nc3ccc(C4CNCCS4)cc3)nc2n1CC(F)(F)F. The molecule has 1 atom stereocenters. The van der Waals surface area contributed by atoms with E-state index in [0.717, 1.165) is 50.1 Å². The monoisotopic (exact) mass is 583 g/mol. The van der Waals surface area contributed by atoms with Crippen molar-refractivity contribution in [2.45, 2.75) is 49.6 Å². The number of anilines is 2. The summed E-state index contributed by atoms with van der Waals surface area (Å²) in [6.45, 7) is 0.317. The fourth-order valence-electron chi connectivity index (χ4n) is 5.69. The molecule has 1 unspecified atom stereocenters. The summed E-state index contributed by atoms with van der Waals surface area (Å²) in [6.07, 6.45) is 0.773. The number of nitrogens with zero attached hydrogens (tertiary/aromatic N) is 3. The molecule has 2 N–H and O–H groups in total. The Morgan fingerprint density at radius 1 is 1.02 bits per heavy atom. The van der Waals surface area contributed by atoms with Gasteiger partial charge in [0, 0.05) is 46.9 Å². The number of aromatic nitrogens is 3. The summed E-state index contributed by atoms with van der Waals surface area (Å²) in [5.41, 5.74) is 1.33. The van der Waals surface area contributed by atoms with Crippen molar-refractivity contribution in [1.29, 1.82) is 0 Å². The average Bonchev–Trinajstić information content (AvgIpc) is 3.50. The summed E-state index contributed by atoms with van der Waals surface area (Å²) in [5.74, 6) is 0.717. The van der Waals surface area contributed by atoms with E-state index in [4.69, 9.17) is 0 Å². The fraction of sp³-hybridized carbons (Fsp3) is 0.367. The molecule has 0 spiro atoms. The molecule has 1 saturated heterocycles. The highest BCUT2D eigenvalue weighted by Crippen LogP contribution is 2.36. The van der Waals surface area contributed by atoms with Crippen LogP contribution in [-0.2, 0) is 6.54 Å². The molecular formula is C30H29F4N5OS. The van der Waals surface area contributed by atoms with Gasteiger partial charge in [0.25, 0.3) is 5.56 Å². The van der Waals surface area contributed by atoms with Crippen molar-refractivity contribution in [1.82, 2.24) is 19.9 Å². The Labute approximate surface area is 238 Å².